The fourth-order valence-electron chi connectivity index (χ4n) is 11.0. The Morgan fingerprint density at radius 2 is 0.621 bits per heavy atom. The molecule has 0 aliphatic carbocycles. The van der Waals surface area contributed by atoms with Crippen LogP contribution >= 0.6 is 15.6 Å². The smallest absolute Gasteiger partial charge is 0.462 e. The summed E-state index contributed by atoms with van der Waals surface area (Å²) in [6.07, 6.45) is 55.0. The molecular formula is C76H144O17P2. The summed E-state index contributed by atoms with van der Waals surface area (Å²) in [5.41, 5.74) is 0. The van der Waals surface area contributed by atoms with E-state index in [1.54, 1.807) is 0 Å². The number of unbranched alkanes of at least 4 members (excludes halogenated alkanes) is 36. The SMILES string of the molecule is CCCCCC/C=C\C=C/CCCCCCCC(=O)O[C@H](COC(=O)CCCCCCCCC(C)CC)COP(=O)(O)OC[C@H](O)COP(=O)(O)OC[C@@H](COC(=O)CCCCCCCCCCCC(C)C)OC(=O)CCCCCCCCCCCCCCCCCC(C)C. The molecule has 17 nitrogen and oxygen atoms in total. The fraction of sp³-hybridized carbons (Fsp3) is 0.895. The van der Waals surface area contributed by atoms with E-state index in [0.29, 0.717) is 25.7 Å². The molecule has 0 fully saturated rings. The molecule has 0 rings (SSSR count). The number of aliphatic hydroxyl groups is 1. The Hall–Kier alpha value is -2.46. The molecule has 0 radical (unpaired) electrons. The minimum absolute atomic E-state index is 0.0838. The van der Waals surface area contributed by atoms with Gasteiger partial charge in [0.05, 0.1) is 26.4 Å². The molecule has 3 unspecified atom stereocenters. The standard InChI is InChI=1S/C76H144O17P2/c1-8-10-11-12-13-14-15-16-18-22-25-30-36-45-52-60-76(81)93-72(64-87-74(79)58-51-44-39-38-42-49-56-69(7)9-2)66-91-95(84,85)89-62-70(77)61-88-94(82,83)90-65-71(63-86-73(78)57-50-43-35-32-27-29-34-41-48-55-68(5)6)92-75(80)59-53-46-37-31-26-23-20-17-19-21-24-28-33-40-47-54-67(3)4/h14-16,18,67-72,77H,8-13,17,19-66H2,1-7H3,(H,82,83)(H,84,85)/b15-14-,18-16-/t69?,70-,71-,72-/m1/s1. The van der Waals surface area contributed by atoms with E-state index in [4.69, 9.17) is 37.0 Å². The van der Waals surface area contributed by atoms with Crippen LogP contribution in [-0.4, -0.2) is 96.7 Å². The number of hydrogen-bond donors (Lipinski definition) is 3. The van der Waals surface area contributed by atoms with Crippen LogP contribution in [0.2, 0.25) is 0 Å². The average Bonchev–Trinajstić information content (AvgIpc) is 1.20. The number of allylic oxidation sites excluding steroid dienone is 4. The molecule has 0 aromatic carbocycles. The number of carbonyl (C=O) groups is 4. The Labute approximate surface area is 580 Å². The second kappa shape index (κ2) is 66.1. The normalized spacial score (nSPS) is 14.5. The van der Waals surface area contributed by atoms with Crippen LogP contribution in [0.3, 0.4) is 0 Å². The molecule has 0 aromatic rings. The Bertz CT molecular complexity index is 1950. The Morgan fingerprint density at radius 3 is 0.937 bits per heavy atom. The van der Waals surface area contributed by atoms with Crippen molar-refractivity contribution in [2.45, 2.75) is 381 Å². The van der Waals surface area contributed by atoms with Gasteiger partial charge in [0, 0.05) is 25.7 Å². The Morgan fingerprint density at radius 1 is 0.347 bits per heavy atom. The quantitative estimate of drug-likeness (QED) is 0.0169. The zero-order chi connectivity index (χ0) is 70.1. The topological polar surface area (TPSA) is 237 Å². The summed E-state index contributed by atoms with van der Waals surface area (Å²) >= 11 is 0. The molecule has 0 aliphatic rings. The van der Waals surface area contributed by atoms with Crippen molar-refractivity contribution in [3.63, 3.8) is 0 Å². The molecule has 0 saturated carbocycles. The molecule has 19 heteroatoms. The van der Waals surface area contributed by atoms with E-state index >= 15 is 0 Å². The third kappa shape index (κ3) is 68.5. The van der Waals surface area contributed by atoms with Gasteiger partial charge in [0.15, 0.2) is 12.2 Å². The molecule has 0 aromatic heterocycles. The summed E-state index contributed by atoms with van der Waals surface area (Å²) in [5.74, 6) is 0.121. The number of phosphoric ester groups is 2. The van der Waals surface area contributed by atoms with Crippen LogP contribution in [0.1, 0.15) is 363 Å². The van der Waals surface area contributed by atoms with Crippen LogP contribution in [-0.2, 0) is 65.4 Å². The third-order valence-corrected chi connectivity index (χ3v) is 19.3. The van der Waals surface area contributed by atoms with Crippen molar-refractivity contribution in [1.82, 2.24) is 0 Å². The molecule has 0 spiro atoms. The van der Waals surface area contributed by atoms with Crippen molar-refractivity contribution >= 4 is 39.5 Å². The van der Waals surface area contributed by atoms with Gasteiger partial charge in [-0.25, -0.2) is 9.13 Å². The lowest BCUT2D eigenvalue weighted by atomic mass is 10.00. The van der Waals surface area contributed by atoms with Gasteiger partial charge in [0.1, 0.15) is 19.3 Å². The van der Waals surface area contributed by atoms with E-state index in [0.717, 1.165) is 127 Å². The van der Waals surface area contributed by atoms with E-state index < -0.39 is 97.5 Å². The first-order valence-corrected chi connectivity index (χ1v) is 41.7. The van der Waals surface area contributed by atoms with E-state index in [9.17, 15) is 43.2 Å². The van der Waals surface area contributed by atoms with Gasteiger partial charge >= 0.3 is 39.5 Å². The van der Waals surface area contributed by atoms with Gasteiger partial charge in [-0.15, -0.1) is 0 Å². The zero-order valence-electron chi connectivity index (χ0n) is 61.6. The van der Waals surface area contributed by atoms with Crippen LogP contribution in [0.15, 0.2) is 24.3 Å². The van der Waals surface area contributed by atoms with E-state index in [1.165, 1.54) is 154 Å². The van der Waals surface area contributed by atoms with Crippen LogP contribution in [0.25, 0.3) is 0 Å². The molecule has 0 aliphatic heterocycles. The first-order chi connectivity index (χ1) is 45.8. The molecule has 0 heterocycles. The second-order valence-corrected chi connectivity index (χ2v) is 30.8. The maximum Gasteiger partial charge on any atom is 0.472 e. The predicted octanol–water partition coefficient (Wildman–Crippen LogP) is 21.7. The third-order valence-electron chi connectivity index (χ3n) is 17.4. The van der Waals surface area contributed by atoms with Crippen LogP contribution in [0.5, 0.6) is 0 Å². The predicted molar refractivity (Wildman–Crippen MR) is 386 cm³/mol. The van der Waals surface area contributed by atoms with Gasteiger partial charge in [-0.3, -0.25) is 37.3 Å². The zero-order valence-corrected chi connectivity index (χ0v) is 63.4. The van der Waals surface area contributed by atoms with Gasteiger partial charge in [-0.1, -0.05) is 310 Å². The van der Waals surface area contributed by atoms with Gasteiger partial charge in [0.2, 0.25) is 0 Å². The van der Waals surface area contributed by atoms with Gasteiger partial charge in [0.25, 0.3) is 0 Å². The molecule has 95 heavy (non-hydrogen) atoms. The summed E-state index contributed by atoms with van der Waals surface area (Å²) in [6.45, 7) is 11.8. The van der Waals surface area contributed by atoms with E-state index in [1.807, 2.05) is 0 Å². The highest BCUT2D eigenvalue weighted by Gasteiger charge is 2.30. The summed E-state index contributed by atoms with van der Waals surface area (Å²) in [5, 5.41) is 10.6. The van der Waals surface area contributed by atoms with Crippen LogP contribution in [0.4, 0.5) is 0 Å². The molecule has 0 amide bonds. The maximum absolute atomic E-state index is 13.1. The summed E-state index contributed by atoms with van der Waals surface area (Å²) < 4.78 is 68.5. The number of esters is 4. The van der Waals surface area contributed by atoms with Crippen LogP contribution < -0.4 is 0 Å². The summed E-state index contributed by atoms with van der Waals surface area (Å²) in [4.78, 5) is 72.8. The Kier molecular flexibility index (Phi) is 64.4. The van der Waals surface area contributed by atoms with Crippen molar-refractivity contribution in [3.05, 3.63) is 24.3 Å². The van der Waals surface area contributed by atoms with Crippen molar-refractivity contribution < 1.29 is 80.2 Å². The minimum Gasteiger partial charge on any atom is -0.462 e. The summed E-state index contributed by atoms with van der Waals surface area (Å²) in [7, 11) is -9.93. The highest BCUT2D eigenvalue weighted by molar-refractivity contribution is 7.47. The van der Waals surface area contributed by atoms with Gasteiger partial charge in [-0.05, 0) is 69.1 Å². The van der Waals surface area contributed by atoms with Gasteiger partial charge in [-0.2, -0.15) is 0 Å². The highest BCUT2D eigenvalue weighted by atomic mass is 31.2. The lowest BCUT2D eigenvalue weighted by Gasteiger charge is -2.21. The number of phosphoric acid groups is 2. The number of aliphatic hydroxyl groups excluding tert-OH is 1. The number of carbonyl (C=O) groups excluding carboxylic acids is 4. The molecule has 3 N–H and O–H groups in total. The van der Waals surface area contributed by atoms with Crippen molar-refractivity contribution in [3.8, 4) is 0 Å². The molecule has 0 bridgehead atoms. The second-order valence-electron chi connectivity index (χ2n) is 27.9. The highest BCUT2D eigenvalue weighted by Crippen LogP contribution is 2.45. The maximum atomic E-state index is 13.1. The van der Waals surface area contributed by atoms with E-state index in [-0.39, 0.29) is 25.7 Å². The molecule has 0 saturated heterocycles. The first-order valence-electron chi connectivity index (χ1n) is 38.7. The molecular weight excluding hydrogens is 1250 g/mol. The van der Waals surface area contributed by atoms with E-state index in [2.05, 4.69) is 72.8 Å². The largest absolute Gasteiger partial charge is 0.472 e. The van der Waals surface area contributed by atoms with Crippen LogP contribution in [0, 0.1) is 17.8 Å². The number of ether oxygens (including phenoxy) is 4. The Balaban J connectivity index is 5.28. The number of rotatable bonds is 72. The first kappa shape index (κ1) is 92.5. The van der Waals surface area contributed by atoms with Gasteiger partial charge < -0.3 is 33.8 Å². The lowest BCUT2D eigenvalue weighted by Crippen LogP contribution is -2.30. The molecule has 6 atom stereocenters. The lowest BCUT2D eigenvalue weighted by molar-refractivity contribution is -0.161. The van der Waals surface area contributed by atoms with Crippen molar-refractivity contribution in [1.29, 1.82) is 0 Å². The summed E-state index contributed by atoms with van der Waals surface area (Å²) in [6, 6.07) is 0. The molecule has 560 valence electrons. The van der Waals surface area contributed by atoms with Crippen molar-refractivity contribution in [2.24, 2.45) is 17.8 Å². The minimum atomic E-state index is -4.96. The average molecular weight is 1390 g/mol. The number of hydrogen-bond acceptors (Lipinski definition) is 15. The van der Waals surface area contributed by atoms with Crippen molar-refractivity contribution in [2.75, 3.05) is 39.6 Å². The fourth-order valence-corrected chi connectivity index (χ4v) is 12.6. The monoisotopic (exact) mass is 1390 g/mol.